The third-order valence-corrected chi connectivity index (χ3v) is 4.62. The lowest BCUT2D eigenvalue weighted by molar-refractivity contribution is -0.116. The molecule has 1 amide bonds. The Morgan fingerprint density at radius 2 is 2.17 bits per heavy atom. The second-order valence-corrected chi connectivity index (χ2v) is 6.66. The zero-order chi connectivity index (χ0) is 16.1. The van der Waals surface area contributed by atoms with Crippen molar-refractivity contribution in [3.8, 4) is 0 Å². The minimum absolute atomic E-state index is 0.0683. The highest BCUT2D eigenvalue weighted by atomic mass is 32.2. The molecule has 6 nitrogen and oxygen atoms in total. The molecule has 0 aliphatic rings. The molecular formula is C15H15N5OS2. The number of aryl methyl sites for hydroxylation is 2. The summed E-state index contributed by atoms with van der Waals surface area (Å²) in [5, 5.41) is 8.04. The van der Waals surface area contributed by atoms with Crippen molar-refractivity contribution in [1.29, 1.82) is 0 Å². The number of nitrogens with one attached hydrogen (secondary N) is 1. The summed E-state index contributed by atoms with van der Waals surface area (Å²) in [5.74, 6) is -0.0683. The minimum Gasteiger partial charge on any atom is -0.301 e. The molecule has 2 heterocycles. The molecule has 8 heteroatoms. The maximum Gasteiger partial charge on any atom is 0.226 e. The molecule has 0 saturated carbocycles. The number of nitrogens with zero attached hydrogens (tertiary/aromatic N) is 4. The van der Waals surface area contributed by atoms with E-state index in [1.807, 2.05) is 43.6 Å². The van der Waals surface area contributed by atoms with Crippen LogP contribution >= 0.6 is 23.3 Å². The fourth-order valence-corrected chi connectivity index (χ4v) is 3.39. The quantitative estimate of drug-likeness (QED) is 0.743. The van der Waals surface area contributed by atoms with Crippen molar-refractivity contribution in [3.05, 3.63) is 48.3 Å². The van der Waals surface area contributed by atoms with Crippen molar-refractivity contribution >= 4 is 34.3 Å². The first-order valence-corrected chi connectivity index (χ1v) is 8.62. The summed E-state index contributed by atoms with van der Waals surface area (Å²) in [4.78, 5) is 17.3. The van der Waals surface area contributed by atoms with Gasteiger partial charge in [0, 0.05) is 36.1 Å². The Balaban J connectivity index is 1.51. The largest absolute Gasteiger partial charge is 0.301 e. The van der Waals surface area contributed by atoms with E-state index in [2.05, 4.69) is 19.8 Å². The Morgan fingerprint density at radius 3 is 2.91 bits per heavy atom. The maximum atomic E-state index is 12.0. The van der Waals surface area contributed by atoms with Crippen LogP contribution in [0.1, 0.15) is 12.0 Å². The molecule has 118 valence electrons. The van der Waals surface area contributed by atoms with Crippen molar-refractivity contribution in [2.45, 2.75) is 22.9 Å². The van der Waals surface area contributed by atoms with Gasteiger partial charge in [-0.3, -0.25) is 9.48 Å². The number of carbonyl (C=O) groups is 1. The van der Waals surface area contributed by atoms with Gasteiger partial charge in [0.2, 0.25) is 16.2 Å². The summed E-state index contributed by atoms with van der Waals surface area (Å²) in [7, 11) is 1.86. The lowest BCUT2D eigenvalue weighted by Crippen LogP contribution is -2.11. The lowest BCUT2D eigenvalue weighted by Gasteiger charge is -1.99. The number of carbonyl (C=O) groups excluding carboxylic acids is 1. The summed E-state index contributed by atoms with van der Waals surface area (Å²) in [6.45, 7) is 0. The molecule has 3 rings (SSSR count). The van der Waals surface area contributed by atoms with E-state index in [-0.39, 0.29) is 5.91 Å². The molecule has 0 radical (unpaired) electrons. The molecule has 0 spiro atoms. The van der Waals surface area contributed by atoms with E-state index in [4.69, 9.17) is 0 Å². The van der Waals surface area contributed by atoms with Crippen LogP contribution in [0.4, 0.5) is 5.13 Å². The van der Waals surface area contributed by atoms with Crippen LogP contribution in [-0.4, -0.2) is 25.0 Å². The summed E-state index contributed by atoms with van der Waals surface area (Å²) < 4.78 is 5.98. The maximum absolute atomic E-state index is 12.0. The predicted molar refractivity (Wildman–Crippen MR) is 90.6 cm³/mol. The third kappa shape index (κ3) is 4.64. The van der Waals surface area contributed by atoms with Crippen molar-refractivity contribution in [1.82, 2.24) is 19.1 Å². The third-order valence-electron chi connectivity index (χ3n) is 3.01. The molecule has 1 aromatic carbocycles. The van der Waals surface area contributed by atoms with E-state index in [1.165, 1.54) is 23.3 Å². The molecule has 0 fully saturated rings. The molecular weight excluding hydrogens is 330 g/mol. The minimum atomic E-state index is -0.0683. The standard InChI is InChI=1S/C15H15N5OS2/c1-20-10-11(9-16-20)7-8-13(21)17-14-18-15(19-23-14)22-12-5-3-2-4-6-12/h2-6,9-10H,7-8H2,1H3,(H,17,18,19,21). The van der Waals surface area contributed by atoms with Gasteiger partial charge in [0.05, 0.1) is 6.20 Å². The zero-order valence-electron chi connectivity index (χ0n) is 12.5. The SMILES string of the molecule is Cn1cc(CCC(=O)Nc2nc(Sc3ccccc3)ns2)cn1. The van der Waals surface area contributed by atoms with Crippen LogP contribution in [0.15, 0.2) is 52.8 Å². The van der Waals surface area contributed by atoms with Crippen molar-refractivity contribution in [2.75, 3.05) is 5.32 Å². The highest BCUT2D eigenvalue weighted by Gasteiger charge is 2.10. The molecule has 2 aromatic heterocycles. The topological polar surface area (TPSA) is 72.7 Å². The Bertz CT molecular complexity index is 784. The highest BCUT2D eigenvalue weighted by molar-refractivity contribution is 7.99. The van der Waals surface area contributed by atoms with Crippen molar-refractivity contribution < 1.29 is 4.79 Å². The number of hydrogen-bond acceptors (Lipinski definition) is 6. The molecule has 0 aliphatic heterocycles. The Morgan fingerprint density at radius 1 is 1.35 bits per heavy atom. The lowest BCUT2D eigenvalue weighted by atomic mass is 10.2. The van der Waals surface area contributed by atoms with Gasteiger partial charge in [0.25, 0.3) is 0 Å². The number of benzene rings is 1. The van der Waals surface area contributed by atoms with Crippen LogP contribution in [0.25, 0.3) is 0 Å². The summed E-state index contributed by atoms with van der Waals surface area (Å²) in [6, 6.07) is 9.90. The molecule has 0 bridgehead atoms. The predicted octanol–water partition coefficient (Wildman–Crippen LogP) is 2.99. The Labute approximate surface area is 142 Å². The molecule has 0 saturated heterocycles. The van der Waals surface area contributed by atoms with E-state index in [0.717, 1.165) is 10.5 Å². The van der Waals surface area contributed by atoms with E-state index in [0.29, 0.717) is 23.1 Å². The van der Waals surface area contributed by atoms with Gasteiger partial charge in [-0.05, 0) is 35.9 Å². The molecule has 0 unspecified atom stereocenters. The first-order chi connectivity index (χ1) is 11.2. The molecule has 0 atom stereocenters. The van der Waals surface area contributed by atoms with Gasteiger partial charge in [0.1, 0.15) is 0 Å². The number of aromatic nitrogens is 4. The molecule has 1 N–H and O–H groups in total. The average Bonchev–Trinajstić information content (AvgIpc) is 3.15. The van der Waals surface area contributed by atoms with Crippen LogP contribution in [0.2, 0.25) is 0 Å². The fourth-order valence-electron chi connectivity index (χ4n) is 1.94. The van der Waals surface area contributed by atoms with Crippen molar-refractivity contribution in [3.63, 3.8) is 0 Å². The highest BCUT2D eigenvalue weighted by Crippen LogP contribution is 2.27. The van der Waals surface area contributed by atoms with Crippen molar-refractivity contribution in [2.24, 2.45) is 7.05 Å². The number of amides is 1. The first-order valence-electron chi connectivity index (χ1n) is 7.03. The van der Waals surface area contributed by atoms with E-state index in [9.17, 15) is 4.79 Å². The Kier molecular flexibility index (Phi) is 5.04. The van der Waals surface area contributed by atoms with Crippen LogP contribution < -0.4 is 5.32 Å². The van der Waals surface area contributed by atoms with Crippen LogP contribution in [-0.2, 0) is 18.3 Å². The Hall–Kier alpha value is -2.19. The van der Waals surface area contributed by atoms with Gasteiger partial charge in [-0.2, -0.15) is 14.5 Å². The molecule has 3 aromatic rings. The van der Waals surface area contributed by atoms with Crippen LogP contribution in [0.3, 0.4) is 0 Å². The van der Waals surface area contributed by atoms with E-state index >= 15 is 0 Å². The number of rotatable bonds is 6. The normalized spacial score (nSPS) is 10.7. The first kappa shape index (κ1) is 15.7. The molecule has 0 aliphatic carbocycles. The number of anilines is 1. The zero-order valence-corrected chi connectivity index (χ0v) is 14.1. The summed E-state index contributed by atoms with van der Waals surface area (Å²) >= 11 is 2.67. The van der Waals surface area contributed by atoms with Gasteiger partial charge in [-0.15, -0.1) is 0 Å². The smallest absolute Gasteiger partial charge is 0.226 e. The van der Waals surface area contributed by atoms with Gasteiger partial charge in [0.15, 0.2) is 0 Å². The molecule has 23 heavy (non-hydrogen) atoms. The van der Waals surface area contributed by atoms with Gasteiger partial charge in [-0.1, -0.05) is 18.2 Å². The summed E-state index contributed by atoms with van der Waals surface area (Å²) in [5.41, 5.74) is 1.04. The second kappa shape index (κ2) is 7.38. The number of hydrogen-bond donors (Lipinski definition) is 1. The van der Waals surface area contributed by atoms with Gasteiger partial charge < -0.3 is 5.32 Å². The average molecular weight is 345 g/mol. The van der Waals surface area contributed by atoms with Crippen LogP contribution in [0.5, 0.6) is 0 Å². The van der Waals surface area contributed by atoms with E-state index in [1.54, 1.807) is 10.9 Å². The van der Waals surface area contributed by atoms with Gasteiger partial charge >= 0.3 is 0 Å². The van der Waals surface area contributed by atoms with E-state index < -0.39 is 0 Å². The van der Waals surface area contributed by atoms with Crippen LogP contribution in [0, 0.1) is 0 Å². The second-order valence-electron chi connectivity index (χ2n) is 4.87. The monoisotopic (exact) mass is 345 g/mol. The van der Waals surface area contributed by atoms with Gasteiger partial charge in [-0.25, -0.2) is 0 Å². The summed E-state index contributed by atoms with van der Waals surface area (Å²) in [6.07, 6.45) is 4.73. The fraction of sp³-hybridized carbons (Fsp3) is 0.200.